The maximum absolute atomic E-state index is 13.2. The largest absolute Gasteiger partial charge is 0.361 e. The molecule has 0 bridgehead atoms. The monoisotopic (exact) mass is 338 g/mol. The molecule has 0 aliphatic heterocycles. The maximum atomic E-state index is 13.2. The van der Waals surface area contributed by atoms with Gasteiger partial charge in [-0.1, -0.05) is 30.3 Å². The van der Waals surface area contributed by atoms with Crippen LogP contribution in [0.2, 0.25) is 0 Å². The molecule has 1 aromatic heterocycles. The van der Waals surface area contributed by atoms with E-state index in [9.17, 15) is 4.39 Å². The van der Waals surface area contributed by atoms with Gasteiger partial charge in [0.2, 0.25) is 0 Å². The molecule has 5 heteroatoms. The Morgan fingerprint density at radius 3 is 2.84 bits per heavy atom. The normalized spacial score (nSPS) is 11.7. The lowest BCUT2D eigenvalue weighted by Gasteiger charge is -2.11. The zero-order chi connectivity index (χ0) is 17.5. The fourth-order valence-electron chi connectivity index (χ4n) is 2.80. The molecule has 0 atom stereocenters. The molecule has 3 N–H and O–H groups in total. The summed E-state index contributed by atoms with van der Waals surface area (Å²) >= 11 is 0. The molecule has 0 aliphatic rings. The minimum Gasteiger partial charge on any atom is -0.361 e. The summed E-state index contributed by atoms with van der Waals surface area (Å²) in [6.07, 6.45) is 2.96. The number of H-pyrrole nitrogens is 1. The lowest BCUT2D eigenvalue weighted by atomic mass is 10.1. The van der Waals surface area contributed by atoms with Gasteiger partial charge in [-0.3, -0.25) is 0 Å². The first-order valence-corrected chi connectivity index (χ1v) is 8.58. The van der Waals surface area contributed by atoms with E-state index < -0.39 is 0 Å². The molecular formula is C20H23FN4. The summed E-state index contributed by atoms with van der Waals surface area (Å²) in [6, 6.07) is 14.8. The van der Waals surface area contributed by atoms with Crippen molar-refractivity contribution in [1.82, 2.24) is 15.6 Å². The van der Waals surface area contributed by atoms with Crippen LogP contribution in [0.5, 0.6) is 0 Å². The van der Waals surface area contributed by atoms with Crippen LogP contribution in [0.15, 0.2) is 59.7 Å². The predicted molar refractivity (Wildman–Crippen MR) is 101 cm³/mol. The van der Waals surface area contributed by atoms with Crippen LogP contribution < -0.4 is 10.6 Å². The third-order valence-electron chi connectivity index (χ3n) is 4.01. The number of aromatic amines is 1. The second kappa shape index (κ2) is 8.33. The Bertz CT molecular complexity index is 854. The van der Waals surface area contributed by atoms with Crippen molar-refractivity contribution in [1.29, 1.82) is 0 Å². The highest BCUT2D eigenvalue weighted by Gasteiger charge is 2.03. The Morgan fingerprint density at radius 1 is 1.12 bits per heavy atom. The molecule has 3 aromatic rings. The number of para-hydroxylation sites is 1. The molecule has 1 heterocycles. The van der Waals surface area contributed by atoms with E-state index in [0.29, 0.717) is 6.54 Å². The zero-order valence-corrected chi connectivity index (χ0v) is 14.3. The number of aromatic nitrogens is 1. The van der Waals surface area contributed by atoms with Crippen molar-refractivity contribution in [2.24, 2.45) is 4.99 Å². The van der Waals surface area contributed by atoms with Crippen LogP contribution in [0.3, 0.4) is 0 Å². The van der Waals surface area contributed by atoms with Crippen LogP contribution in [0.1, 0.15) is 18.1 Å². The molecule has 0 amide bonds. The highest BCUT2D eigenvalue weighted by Crippen LogP contribution is 2.17. The third-order valence-corrected chi connectivity index (χ3v) is 4.01. The molecule has 3 rings (SSSR count). The number of fused-ring (bicyclic) bond motifs is 1. The fraction of sp³-hybridized carbons (Fsp3) is 0.250. The van der Waals surface area contributed by atoms with E-state index in [1.165, 1.54) is 23.1 Å². The standard InChI is InChI=1S/C20H23FN4/c1-2-22-20(25-13-15-6-5-7-17(21)12-15)23-11-10-16-14-24-19-9-4-3-8-18(16)19/h3-9,12,14,24H,2,10-11,13H2,1H3,(H2,22,23,25). The number of rotatable bonds is 6. The van der Waals surface area contributed by atoms with Gasteiger partial charge in [0, 0.05) is 30.2 Å². The Balaban J connectivity index is 1.59. The first-order valence-electron chi connectivity index (χ1n) is 8.58. The molecular weight excluding hydrogens is 315 g/mol. The van der Waals surface area contributed by atoms with Gasteiger partial charge in [0.05, 0.1) is 6.54 Å². The molecule has 0 fully saturated rings. The summed E-state index contributed by atoms with van der Waals surface area (Å²) in [4.78, 5) is 7.82. The van der Waals surface area contributed by atoms with Crippen molar-refractivity contribution < 1.29 is 4.39 Å². The van der Waals surface area contributed by atoms with Gasteiger partial charge in [0.15, 0.2) is 5.96 Å². The lowest BCUT2D eigenvalue weighted by molar-refractivity contribution is 0.625. The van der Waals surface area contributed by atoms with E-state index >= 15 is 0 Å². The number of nitrogens with zero attached hydrogens (tertiary/aromatic N) is 1. The average Bonchev–Trinajstić information content (AvgIpc) is 3.03. The summed E-state index contributed by atoms with van der Waals surface area (Å²) in [6.45, 7) is 4.03. The third kappa shape index (κ3) is 4.59. The molecule has 25 heavy (non-hydrogen) atoms. The molecule has 2 aromatic carbocycles. The van der Waals surface area contributed by atoms with E-state index in [0.717, 1.165) is 36.6 Å². The van der Waals surface area contributed by atoms with E-state index in [4.69, 9.17) is 0 Å². The SMILES string of the molecule is CCNC(=NCc1cccc(F)c1)NCCc1c[nH]c2ccccc12. The Kier molecular flexibility index (Phi) is 5.67. The smallest absolute Gasteiger partial charge is 0.191 e. The first kappa shape index (κ1) is 17.0. The minimum atomic E-state index is -0.231. The number of aliphatic imine (C=N–C) groups is 1. The molecule has 0 radical (unpaired) electrons. The molecule has 0 saturated heterocycles. The first-order chi connectivity index (χ1) is 12.3. The molecule has 0 spiro atoms. The summed E-state index contributed by atoms with van der Waals surface area (Å²) in [7, 11) is 0. The molecule has 130 valence electrons. The van der Waals surface area contributed by atoms with Gasteiger partial charge >= 0.3 is 0 Å². The van der Waals surface area contributed by atoms with Crippen molar-refractivity contribution in [3.8, 4) is 0 Å². The number of halogens is 1. The van der Waals surface area contributed by atoms with Crippen LogP contribution in [0, 0.1) is 5.82 Å². The number of benzene rings is 2. The van der Waals surface area contributed by atoms with E-state index in [2.05, 4.69) is 45.0 Å². The highest BCUT2D eigenvalue weighted by atomic mass is 19.1. The van der Waals surface area contributed by atoms with Crippen molar-refractivity contribution in [3.63, 3.8) is 0 Å². The molecule has 0 saturated carbocycles. The van der Waals surface area contributed by atoms with E-state index in [1.807, 2.05) is 19.1 Å². The Labute approximate surface area is 147 Å². The predicted octanol–water partition coefficient (Wildman–Crippen LogP) is 3.60. The topological polar surface area (TPSA) is 52.2 Å². The van der Waals surface area contributed by atoms with Gasteiger partial charge in [-0.25, -0.2) is 9.38 Å². The van der Waals surface area contributed by atoms with Crippen molar-refractivity contribution in [3.05, 3.63) is 71.7 Å². The van der Waals surface area contributed by atoms with Crippen molar-refractivity contribution >= 4 is 16.9 Å². The van der Waals surface area contributed by atoms with Crippen LogP contribution in [-0.4, -0.2) is 24.0 Å². The summed E-state index contributed by atoms with van der Waals surface area (Å²) in [5.41, 5.74) is 3.29. The second-order valence-electron chi connectivity index (χ2n) is 5.86. The number of hydrogen-bond acceptors (Lipinski definition) is 1. The van der Waals surface area contributed by atoms with Crippen molar-refractivity contribution in [2.45, 2.75) is 19.9 Å². The van der Waals surface area contributed by atoms with Gasteiger partial charge < -0.3 is 15.6 Å². The van der Waals surface area contributed by atoms with Gasteiger partial charge in [-0.2, -0.15) is 0 Å². The van der Waals surface area contributed by atoms with Gasteiger partial charge in [0.1, 0.15) is 5.82 Å². The van der Waals surface area contributed by atoms with Crippen LogP contribution >= 0.6 is 0 Å². The summed E-state index contributed by atoms with van der Waals surface area (Å²) in [5, 5.41) is 7.82. The molecule has 0 aliphatic carbocycles. The fourth-order valence-corrected chi connectivity index (χ4v) is 2.80. The molecule has 0 unspecified atom stereocenters. The van der Waals surface area contributed by atoms with E-state index in [-0.39, 0.29) is 5.82 Å². The lowest BCUT2D eigenvalue weighted by Crippen LogP contribution is -2.38. The van der Waals surface area contributed by atoms with Crippen LogP contribution in [0.25, 0.3) is 10.9 Å². The minimum absolute atomic E-state index is 0.231. The van der Waals surface area contributed by atoms with Gasteiger partial charge in [-0.15, -0.1) is 0 Å². The zero-order valence-electron chi connectivity index (χ0n) is 14.3. The average molecular weight is 338 g/mol. The van der Waals surface area contributed by atoms with Gasteiger partial charge in [0.25, 0.3) is 0 Å². The quantitative estimate of drug-likeness (QED) is 0.475. The number of nitrogens with one attached hydrogen (secondary N) is 3. The maximum Gasteiger partial charge on any atom is 0.191 e. The number of hydrogen-bond donors (Lipinski definition) is 3. The Hall–Kier alpha value is -2.82. The van der Waals surface area contributed by atoms with Gasteiger partial charge in [-0.05, 0) is 42.7 Å². The number of guanidine groups is 1. The van der Waals surface area contributed by atoms with Crippen molar-refractivity contribution in [2.75, 3.05) is 13.1 Å². The van der Waals surface area contributed by atoms with E-state index in [1.54, 1.807) is 6.07 Å². The van der Waals surface area contributed by atoms with Crippen LogP contribution in [0.4, 0.5) is 4.39 Å². The van der Waals surface area contributed by atoms with Crippen LogP contribution in [-0.2, 0) is 13.0 Å². The molecule has 4 nitrogen and oxygen atoms in total. The summed E-state index contributed by atoms with van der Waals surface area (Å²) < 4.78 is 13.2. The Morgan fingerprint density at radius 2 is 2.00 bits per heavy atom. The highest BCUT2D eigenvalue weighted by molar-refractivity contribution is 5.83. The second-order valence-corrected chi connectivity index (χ2v) is 5.86. The summed E-state index contributed by atoms with van der Waals surface area (Å²) in [5.74, 6) is 0.511.